The van der Waals surface area contributed by atoms with Crippen molar-refractivity contribution in [2.75, 3.05) is 32.4 Å². The Bertz CT molecular complexity index is 405. The van der Waals surface area contributed by atoms with Crippen LogP contribution < -0.4 is 11.1 Å². The summed E-state index contributed by atoms with van der Waals surface area (Å²) in [5.74, 6) is 0.917. The average Bonchev–Trinajstić information content (AvgIpc) is 2.67. The van der Waals surface area contributed by atoms with E-state index in [0.717, 1.165) is 51.3 Å². The van der Waals surface area contributed by atoms with Crippen molar-refractivity contribution in [3.8, 4) is 0 Å². The smallest absolute Gasteiger partial charge is 0.125 e. The van der Waals surface area contributed by atoms with E-state index in [1.807, 2.05) is 0 Å². The van der Waals surface area contributed by atoms with Crippen LogP contribution in [-0.4, -0.2) is 41.4 Å². The Morgan fingerprint density at radius 1 is 1.35 bits per heavy atom. The maximum absolute atomic E-state index is 6.26. The fraction of sp³-hybridized carbons (Fsp3) is 0.750. The van der Waals surface area contributed by atoms with E-state index in [1.165, 1.54) is 11.3 Å². The molecule has 0 bridgehead atoms. The maximum atomic E-state index is 6.26. The number of fused-ring (bicyclic) bond motifs is 1. The summed E-state index contributed by atoms with van der Waals surface area (Å²) in [4.78, 5) is 2.31. The van der Waals surface area contributed by atoms with Gasteiger partial charge in [-0.3, -0.25) is 0 Å². The summed E-state index contributed by atoms with van der Waals surface area (Å²) in [6, 6.07) is 0.493. The second kappa shape index (κ2) is 4.31. The van der Waals surface area contributed by atoms with E-state index in [1.54, 1.807) is 0 Å². The number of nitrogens with one attached hydrogen (secondary N) is 1. The number of nitrogens with two attached hydrogens (primary N) is 1. The van der Waals surface area contributed by atoms with Gasteiger partial charge in [0.1, 0.15) is 5.82 Å². The number of piperidine rings is 1. The summed E-state index contributed by atoms with van der Waals surface area (Å²) in [6.45, 7) is 4.19. The molecular weight excluding hydrogens is 214 g/mol. The van der Waals surface area contributed by atoms with Gasteiger partial charge < -0.3 is 16.0 Å². The van der Waals surface area contributed by atoms with Gasteiger partial charge >= 0.3 is 0 Å². The van der Waals surface area contributed by atoms with Crippen molar-refractivity contribution in [1.82, 2.24) is 20.0 Å². The van der Waals surface area contributed by atoms with Crippen molar-refractivity contribution in [2.45, 2.75) is 31.8 Å². The number of hydrogen-bond donors (Lipinski definition) is 2. The number of aromatic nitrogens is 2. The molecule has 5 nitrogen and oxygen atoms in total. The molecule has 3 heterocycles. The first-order valence-corrected chi connectivity index (χ1v) is 6.50. The molecule has 2 aliphatic heterocycles. The third kappa shape index (κ3) is 1.93. The lowest BCUT2D eigenvalue weighted by molar-refractivity contribution is 0.304. The van der Waals surface area contributed by atoms with Gasteiger partial charge in [-0.2, -0.15) is 5.10 Å². The molecule has 94 valence electrons. The third-order valence-electron chi connectivity index (χ3n) is 3.95. The number of nitrogens with zero attached hydrogens (tertiary/aromatic N) is 3. The number of nitrogen functional groups attached to an aromatic ring is 1. The molecule has 0 unspecified atom stereocenters. The molecule has 0 aromatic carbocycles. The van der Waals surface area contributed by atoms with E-state index >= 15 is 0 Å². The Kier molecular flexibility index (Phi) is 2.80. The lowest BCUT2D eigenvalue weighted by Gasteiger charge is -2.23. The molecule has 3 rings (SSSR count). The zero-order valence-electron chi connectivity index (χ0n) is 10.4. The summed E-state index contributed by atoms with van der Waals surface area (Å²) in [5, 5.41) is 8.13. The van der Waals surface area contributed by atoms with E-state index in [0.29, 0.717) is 6.04 Å². The van der Waals surface area contributed by atoms with Crippen LogP contribution in [-0.2, 0) is 13.0 Å². The molecule has 0 atom stereocenters. The van der Waals surface area contributed by atoms with Gasteiger partial charge in [-0.05, 0) is 39.4 Å². The van der Waals surface area contributed by atoms with Gasteiger partial charge in [0.25, 0.3) is 0 Å². The molecule has 1 aromatic rings. The molecule has 0 radical (unpaired) electrons. The van der Waals surface area contributed by atoms with Crippen molar-refractivity contribution >= 4 is 5.82 Å². The van der Waals surface area contributed by atoms with Gasteiger partial charge in [0.05, 0.1) is 11.7 Å². The molecule has 0 saturated carbocycles. The number of rotatable bonds is 1. The third-order valence-corrected chi connectivity index (χ3v) is 3.95. The maximum Gasteiger partial charge on any atom is 0.125 e. The highest BCUT2D eigenvalue weighted by Gasteiger charge is 2.25. The summed E-state index contributed by atoms with van der Waals surface area (Å²) in [6.07, 6.45) is 3.32. The highest BCUT2D eigenvalue weighted by atomic mass is 15.3. The minimum atomic E-state index is 0.493. The fourth-order valence-electron chi connectivity index (χ4n) is 2.90. The van der Waals surface area contributed by atoms with E-state index in [2.05, 4.69) is 21.9 Å². The Balaban J connectivity index is 1.90. The Labute approximate surface area is 102 Å². The van der Waals surface area contributed by atoms with Gasteiger partial charge in [-0.1, -0.05) is 0 Å². The number of likely N-dealkylation sites (N-methyl/N-ethyl adjacent to an activating group) is 1. The molecule has 5 heteroatoms. The van der Waals surface area contributed by atoms with Crippen LogP contribution in [0.25, 0.3) is 0 Å². The van der Waals surface area contributed by atoms with Crippen LogP contribution in [0.2, 0.25) is 0 Å². The van der Waals surface area contributed by atoms with Crippen molar-refractivity contribution in [3.63, 3.8) is 0 Å². The van der Waals surface area contributed by atoms with Crippen LogP contribution in [0.1, 0.15) is 30.1 Å². The SMILES string of the molecule is CN1CCc2c(nn(C3CCNCC3)c2N)C1. The van der Waals surface area contributed by atoms with Crippen LogP contribution in [0.3, 0.4) is 0 Å². The van der Waals surface area contributed by atoms with Gasteiger partial charge in [0, 0.05) is 18.7 Å². The zero-order chi connectivity index (χ0) is 11.8. The topological polar surface area (TPSA) is 59.1 Å². The van der Waals surface area contributed by atoms with Crippen LogP contribution in [0, 0.1) is 0 Å². The summed E-state index contributed by atoms with van der Waals surface area (Å²) < 4.78 is 2.09. The summed E-state index contributed by atoms with van der Waals surface area (Å²) in [5.41, 5.74) is 8.74. The van der Waals surface area contributed by atoms with E-state index in [9.17, 15) is 0 Å². The molecule has 3 N–H and O–H groups in total. The van der Waals surface area contributed by atoms with Crippen molar-refractivity contribution < 1.29 is 0 Å². The van der Waals surface area contributed by atoms with Crippen LogP contribution in [0.5, 0.6) is 0 Å². The molecule has 1 aromatic heterocycles. The molecule has 17 heavy (non-hydrogen) atoms. The van der Waals surface area contributed by atoms with Crippen LogP contribution in [0.15, 0.2) is 0 Å². The lowest BCUT2D eigenvalue weighted by Crippen LogP contribution is -2.30. The van der Waals surface area contributed by atoms with Crippen LogP contribution >= 0.6 is 0 Å². The highest BCUT2D eigenvalue weighted by Crippen LogP contribution is 2.28. The van der Waals surface area contributed by atoms with E-state index < -0.39 is 0 Å². The van der Waals surface area contributed by atoms with Gasteiger partial charge in [0.2, 0.25) is 0 Å². The minimum absolute atomic E-state index is 0.493. The first-order valence-electron chi connectivity index (χ1n) is 6.50. The normalized spacial score (nSPS) is 22.6. The van der Waals surface area contributed by atoms with E-state index in [-0.39, 0.29) is 0 Å². The van der Waals surface area contributed by atoms with Gasteiger partial charge in [0.15, 0.2) is 0 Å². The lowest BCUT2D eigenvalue weighted by atomic mass is 10.1. The molecule has 1 fully saturated rings. The second-order valence-electron chi connectivity index (χ2n) is 5.22. The Morgan fingerprint density at radius 2 is 2.12 bits per heavy atom. The Morgan fingerprint density at radius 3 is 2.88 bits per heavy atom. The van der Waals surface area contributed by atoms with E-state index in [4.69, 9.17) is 10.8 Å². The van der Waals surface area contributed by atoms with Gasteiger partial charge in [-0.25, -0.2) is 4.68 Å². The number of anilines is 1. The first kappa shape index (κ1) is 11.0. The highest BCUT2D eigenvalue weighted by molar-refractivity contribution is 5.45. The standard InChI is InChI=1S/C12H21N5/c1-16-7-4-10-11(8-16)15-17(12(10)13)9-2-5-14-6-3-9/h9,14H,2-8,13H2,1H3. The van der Waals surface area contributed by atoms with Crippen molar-refractivity contribution in [3.05, 3.63) is 11.3 Å². The monoisotopic (exact) mass is 235 g/mol. The summed E-state index contributed by atoms with van der Waals surface area (Å²) >= 11 is 0. The van der Waals surface area contributed by atoms with Crippen molar-refractivity contribution in [1.29, 1.82) is 0 Å². The molecule has 2 aliphatic rings. The molecule has 0 aliphatic carbocycles. The summed E-state index contributed by atoms with van der Waals surface area (Å²) in [7, 11) is 2.14. The minimum Gasteiger partial charge on any atom is -0.384 e. The second-order valence-corrected chi connectivity index (χ2v) is 5.22. The number of hydrogen-bond acceptors (Lipinski definition) is 4. The quantitative estimate of drug-likeness (QED) is 0.739. The fourth-order valence-corrected chi connectivity index (χ4v) is 2.90. The largest absolute Gasteiger partial charge is 0.384 e. The van der Waals surface area contributed by atoms with Crippen molar-refractivity contribution in [2.24, 2.45) is 0 Å². The molecule has 0 spiro atoms. The molecule has 1 saturated heterocycles. The predicted octanol–water partition coefficient (Wildman–Crippen LogP) is 0.378. The molecule has 0 amide bonds. The van der Waals surface area contributed by atoms with Gasteiger partial charge in [-0.15, -0.1) is 0 Å². The first-order chi connectivity index (χ1) is 8.25. The Hall–Kier alpha value is -1.07. The molecular formula is C12H21N5. The average molecular weight is 235 g/mol. The predicted molar refractivity (Wildman–Crippen MR) is 67.8 cm³/mol. The zero-order valence-corrected chi connectivity index (χ0v) is 10.4. The van der Waals surface area contributed by atoms with Crippen LogP contribution in [0.4, 0.5) is 5.82 Å².